The van der Waals surface area contributed by atoms with Crippen LogP contribution < -0.4 is 5.32 Å². The van der Waals surface area contributed by atoms with E-state index in [1.807, 2.05) is 6.92 Å². The molecule has 1 heterocycles. The van der Waals surface area contributed by atoms with E-state index < -0.39 is 21.4 Å². The zero-order valence-electron chi connectivity index (χ0n) is 11.3. The molecule has 0 bridgehead atoms. The van der Waals surface area contributed by atoms with Crippen molar-refractivity contribution in [3.8, 4) is 0 Å². The minimum atomic E-state index is -3.19. The first kappa shape index (κ1) is 14.3. The molecule has 19 heavy (non-hydrogen) atoms. The van der Waals surface area contributed by atoms with Gasteiger partial charge in [0.25, 0.3) is 5.91 Å². The first-order valence-corrected chi connectivity index (χ1v) is 8.64. The lowest BCUT2D eigenvalue weighted by molar-refractivity contribution is -0.134. The highest BCUT2D eigenvalue weighted by molar-refractivity contribution is 7.90. The van der Waals surface area contributed by atoms with E-state index in [0.29, 0.717) is 6.42 Å². The summed E-state index contributed by atoms with van der Waals surface area (Å²) in [5.41, 5.74) is -0.799. The van der Waals surface area contributed by atoms with Gasteiger partial charge in [0.05, 0.1) is 5.75 Å². The minimum absolute atomic E-state index is 0.0576. The predicted octanol–water partition coefficient (Wildman–Crippen LogP) is 0.532. The van der Waals surface area contributed by atoms with E-state index in [1.165, 1.54) is 0 Å². The third kappa shape index (κ3) is 2.61. The number of urea groups is 1. The van der Waals surface area contributed by atoms with Gasteiger partial charge in [-0.3, -0.25) is 9.69 Å². The van der Waals surface area contributed by atoms with Crippen molar-refractivity contribution >= 4 is 21.8 Å². The van der Waals surface area contributed by atoms with E-state index in [2.05, 4.69) is 5.32 Å². The Morgan fingerprint density at radius 1 is 1.37 bits per heavy atom. The van der Waals surface area contributed by atoms with Crippen LogP contribution in [-0.2, 0) is 14.6 Å². The summed E-state index contributed by atoms with van der Waals surface area (Å²) in [6.45, 7) is 1.91. The summed E-state index contributed by atoms with van der Waals surface area (Å²) in [6.07, 6.45) is 4.64. The van der Waals surface area contributed by atoms with Crippen LogP contribution in [-0.4, -0.2) is 49.3 Å². The molecule has 1 saturated carbocycles. The Labute approximate surface area is 113 Å². The lowest BCUT2D eigenvalue weighted by atomic mass is 9.73. The van der Waals surface area contributed by atoms with Crippen LogP contribution in [0, 0.1) is 5.92 Å². The fourth-order valence-corrected chi connectivity index (χ4v) is 3.47. The van der Waals surface area contributed by atoms with Crippen LogP contribution in [0.3, 0.4) is 0 Å². The van der Waals surface area contributed by atoms with Crippen LogP contribution in [0.1, 0.15) is 32.6 Å². The molecule has 1 spiro atoms. The Bertz CT molecular complexity index is 502. The van der Waals surface area contributed by atoms with E-state index in [9.17, 15) is 18.0 Å². The quantitative estimate of drug-likeness (QED) is 0.768. The van der Waals surface area contributed by atoms with Gasteiger partial charge in [-0.05, 0) is 18.8 Å². The number of hydrogen-bond acceptors (Lipinski definition) is 4. The number of rotatable bonds is 3. The Morgan fingerprint density at radius 2 is 2.05 bits per heavy atom. The van der Waals surface area contributed by atoms with Crippen molar-refractivity contribution in [3.05, 3.63) is 0 Å². The zero-order chi connectivity index (χ0) is 14.3. The SMILES string of the molecule is C[C@H]1CCCC[C@@]12NC(=O)N(CCS(C)(=O)=O)C2=O. The lowest BCUT2D eigenvalue weighted by Crippen LogP contribution is -2.54. The average Bonchev–Trinajstić information content (AvgIpc) is 2.53. The van der Waals surface area contributed by atoms with E-state index in [4.69, 9.17) is 0 Å². The van der Waals surface area contributed by atoms with Gasteiger partial charge in [0.1, 0.15) is 15.4 Å². The standard InChI is InChI=1S/C12H20N2O4S/c1-9-5-3-4-6-12(9)10(15)14(11(16)13-12)7-8-19(2,17)18/h9H,3-8H2,1-2H3,(H,13,16)/t9-,12+/m0/s1. The van der Waals surface area contributed by atoms with Gasteiger partial charge in [-0.2, -0.15) is 0 Å². The molecule has 1 aliphatic heterocycles. The number of carbonyl (C=O) groups excluding carboxylic acids is 2. The summed E-state index contributed by atoms with van der Waals surface area (Å²) in [6, 6.07) is -0.456. The third-order valence-electron chi connectivity index (χ3n) is 4.19. The predicted molar refractivity (Wildman–Crippen MR) is 70.3 cm³/mol. The van der Waals surface area contributed by atoms with Gasteiger partial charge in [-0.15, -0.1) is 0 Å². The van der Waals surface area contributed by atoms with Crippen molar-refractivity contribution in [2.75, 3.05) is 18.6 Å². The fraction of sp³-hybridized carbons (Fsp3) is 0.833. The number of hydrogen-bond donors (Lipinski definition) is 1. The third-order valence-corrected chi connectivity index (χ3v) is 5.11. The van der Waals surface area contributed by atoms with Crippen molar-refractivity contribution in [1.29, 1.82) is 0 Å². The van der Waals surface area contributed by atoms with Crippen molar-refractivity contribution < 1.29 is 18.0 Å². The molecular formula is C12H20N2O4S. The molecule has 0 aromatic carbocycles. The number of carbonyl (C=O) groups is 2. The molecule has 2 atom stereocenters. The average molecular weight is 288 g/mol. The summed E-state index contributed by atoms with van der Waals surface area (Å²) < 4.78 is 22.3. The van der Waals surface area contributed by atoms with Gasteiger partial charge in [-0.25, -0.2) is 13.2 Å². The summed E-state index contributed by atoms with van der Waals surface area (Å²) in [7, 11) is -3.19. The smallest absolute Gasteiger partial charge is 0.323 e. The van der Waals surface area contributed by atoms with Gasteiger partial charge < -0.3 is 5.32 Å². The normalized spacial score (nSPS) is 31.9. The first-order chi connectivity index (χ1) is 8.76. The van der Waals surface area contributed by atoms with Crippen molar-refractivity contribution in [1.82, 2.24) is 10.2 Å². The van der Waals surface area contributed by atoms with Crippen LogP contribution in [0.2, 0.25) is 0 Å². The van der Waals surface area contributed by atoms with Crippen LogP contribution in [0.5, 0.6) is 0 Å². The number of imide groups is 1. The maximum atomic E-state index is 12.5. The van der Waals surface area contributed by atoms with Crippen LogP contribution in [0.25, 0.3) is 0 Å². The summed E-state index contributed by atoms with van der Waals surface area (Å²) in [5, 5.41) is 2.80. The van der Waals surface area contributed by atoms with E-state index in [1.54, 1.807) is 0 Å². The van der Waals surface area contributed by atoms with E-state index in [-0.39, 0.29) is 24.1 Å². The minimum Gasteiger partial charge on any atom is -0.323 e. The Kier molecular flexibility index (Phi) is 3.59. The van der Waals surface area contributed by atoms with Gasteiger partial charge in [0, 0.05) is 12.8 Å². The molecule has 0 aromatic rings. The zero-order valence-corrected chi connectivity index (χ0v) is 12.1. The van der Waals surface area contributed by atoms with Gasteiger partial charge >= 0.3 is 6.03 Å². The first-order valence-electron chi connectivity index (χ1n) is 6.58. The van der Waals surface area contributed by atoms with Crippen LogP contribution in [0.15, 0.2) is 0 Å². The summed E-state index contributed by atoms with van der Waals surface area (Å²) in [4.78, 5) is 25.4. The van der Waals surface area contributed by atoms with E-state index >= 15 is 0 Å². The Hall–Kier alpha value is -1.11. The van der Waals surface area contributed by atoms with Gasteiger partial charge in [0.15, 0.2) is 0 Å². The second kappa shape index (κ2) is 4.77. The molecule has 0 aromatic heterocycles. The largest absolute Gasteiger partial charge is 0.325 e. The molecule has 0 radical (unpaired) electrons. The topological polar surface area (TPSA) is 83.6 Å². The second-order valence-electron chi connectivity index (χ2n) is 5.64. The van der Waals surface area contributed by atoms with Gasteiger partial charge in [-0.1, -0.05) is 19.8 Å². The molecular weight excluding hydrogens is 268 g/mol. The highest BCUT2D eigenvalue weighted by Gasteiger charge is 2.54. The monoisotopic (exact) mass is 288 g/mol. The molecule has 3 amide bonds. The highest BCUT2D eigenvalue weighted by atomic mass is 32.2. The molecule has 108 valence electrons. The Morgan fingerprint density at radius 3 is 2.63 bits per heavy atom. The van der Waals surface area contributed by atoms with Crippen molar-refractivity contribution in [2.24, 2.45) is 5.92 Å². The molecule has 0 unspecified atom stereocenters. The van der Waals surface area contributed by atoms with Gasteiger partial charge in [0.2, 0.25) is 0 Å². The molecule has 1 N–H and O–H groups in total. The van der Waals surface area contributed by atoms with Crippen molar-refractivity contribution in [2.45, 2.75) is 38.1 Å². The molecule has 1 aliphatic carbocycles. The fourth-order valence-electron chi connectivity index (χ4n) is 2.96. The maximum absolute atomic E-state index is 12.5. The summed E-state index contributed by atoms with van der Waals surface area (Å²) >= 11 is 0. The second-order valence-corrected chi connectivity index (χ2v) is 7.89. The molecule has 1 saturated heterocycles. The number of nitrogens with one attached hydrogen (secondary N) is 1. The van der Waals surface area contributed by atoms with Crippen LogP contribution >= 0.6 is 0 Å². The van der Waals surface area contributed by atoms with E-state index in [0.717, 1.165) is 30.4 Å². The molecule has 6 nitrogen and oxygen atoms in total. The lowest BCUT2D eigenvalue weighted by Gasteiger charge is -2.36. The summed E-state index contributed by atoms with van der Waals surface area (Å²) in [5.74, 6) is -0.342. The molecule has 2 fully saturated rings. The maximum Gasteiger partial charge on any atom is 0.325 e. The number of nitrogens with zero attached hydrogens (tertiary/aromatic N) is 1. The highest BCUT2D eigenvalue weighted by Crippen LogP contribution is 2.38. The Balaban J connectivity index is 2.16. The number of amides is 3. The molecule has 2 aliphatic rings. The molecule has 7 heteroatoms. The molecule has 2 rings (SSSR count). The van der Waals surface area contributed by atoms with Crippen LogP contribution in [0.4, 0.5) is 4.79 Å². The van der Waals surface area contributed by atoms with Crippen molar-refractivity contribution in [3.63, 3.8) is 0 Å². The number of sulfone groups is 1.